The number of alkyl halides is 2. The van der Waals surface area contributed by atoms with Crippen LogP contribution < -0.4 is 5.73 Å². The van der Waals surface area contributed by atoms with Gasteiger partial charge in [0.1, 0.15) is 11.5 Å². The Morgan fingerprint density at radius 3 is 2.64 bits per heavy atom. The van der Waals surface area contributed by atoms with E-state index in [4.69, 9.17) is 15.2 Å². The summed E-state index contributed by atoms with van der Waals surface area (Å²) >= 11 is 0. The number of esters is 1. The molecule has 1 aromatic carbocycles. The first-order chi connectivity index (χ1) is 17.1. The molecular formula is C27H27F2N3O4. The number of hydrogen-bond donors (Lipinski definition) is 1. The Labute approximate surface area is 207 Å². The minimum atomic E-state index is -3.28. The lowest BCUT2D eigenvalue weighted by Crippen LogP contribution is -2.61. The maximum Gasteiger partial charge on any atom is 0.316 e. The minimum absolute atomic E-state index is 0.510. The molecule has 2 aliphatic rings. The lowest BCUT2D eigenvalue weighted by molar-refractivity contribution is -0.195. The molecule has 1 saturated carbocycles. The van der Waals surface area contributed by atoms with Crippen molar-refractivity contribution in [1.29, 1.82) is 5.26 Å². The van der Waals surface area contributed by atoms with Crippen molar-refractivity contribution in [2.45, 2.75) is 38.4 Å². The third kappa shape index (κ3) is 4.05. The molecule has 188 valence electrons. The summed E-state index contributed by atoms with van der Waals surface area (Å²) in [5, 5.41) is 9.34. The van der Waals surface area contributed by atoms with Gasteiger partial charge in [0, 0.05) is 42.7 Å². The number of carbonyl (C=O) groups excluding carboxylic acids is 2. The lowest BCUT2D eigenvalue weighted by atomic mass is 9.54. The van der Waals surface area contributed by atoms with Gasteiger partial charge in [-0.2, -0.15) is 5.26 Å². The molecular weight excluding hydrogens is 468 g/mol. The zero-order valence-electron chi connectivity index (χ0n) is 20.2. The van der Waals surface area contributed by atoms with E-state index in [2.05, 4.69) is 11.1 Å². The first-order valence-corrected chi connectivity index (χ1v) is 11.6. The fraction of sp³-hybridized carbons (Fsp3) is 0.407. The van der Waals surface area contributed by atoms with Gasteiger partial charge in [-0.15, -0.1) is 0 Å². The molecule has 0 bridgehead atoms. The zero-order valence-corrected chi connectivity index (χ0v) is 20.2. The summed E-state index contributed by atoms with van der Waals surface area (Å²) in [6.45, 7) is 3.06. The van der Waals surface area contributed by atoms with E-state index in [9.17, 15) is 14.9 Å². The Hall–Kier alpha value is -3.64. The number of amides is 1. The van der Waals surface area contributed by atoms with Crippen LogP contribution in [0.3, 0.4) is 0 Å². The fourth-order valence-electron chi connectivity index (χ4n) is 5.84. The number of carbonyl (C=O) groups is 2. The van der Waals surface area contributed by atoms with Crippen molar-refractivity contribution in [3.8, 4) is 17.2 Å². The third-order valence-electron chi connectivity index (χ3n) is 7.56. The molecule has 6 atom stereocenters. The molecule has 1 amide bonds. The summed E-state index contributed by atoms with van der Waals surface area (Å²) in [6.07, 6.45) is 1.68. The predicted molar refractivity (Wildman–Crippen MR) is 127 cm³/mol. The number of pyridine rings is 1. The Kier molecular flexibility index (Phi) is 6.67. The molecule has 1 aliphatic carbocycles. The highest BCUT2D eigenvalue weighted by Crippen LogP contribution is 2.61. The highest BCUT2D eigenvalue weighted by atomic mass is 19.3. The van der Waals surface area contributed by atoms with Crippen LogP contribution in [0.2, 0.25) is 0 Å². The fourth-order valence-corrected chi connectivity index (χ4v) is 5.84. The van der Waals surface area contributed by atoms with Gasteiger partial charge in [0.05, 0.1) is 17.3 Å². The zero-order chi connectivity index (χ0) is 26.3. The van der Waals surface area contributed by atoms with Crippen molar-refractivity contribution in [3.05, 3.63) is 59.9 Å². The number of nitrogens with two attached hydrogens (primary N) is 1. The van der Waals surface area contributed by atoms with E-state index in [1.165, 1.54) is 14.0 Å². The van der Waals surface area contributed by atoms with Gasteiger partial charge >= 0.3 is 5.97 Å². The number of allylic oxidation sites excluding steroid dienone is 1. The van der Waals surface area contributed by atoms with E-state index >= 15 is 8.78 Å². The number of nitriles is 1. The summed E-state index contributed by atoms with van der Waals surface area (Å²) in [7, 11) is 1.18. The smallest absolute Gasteiger partial charge is 0.316 e. The number of cyclic esters (lactones) is 1. The van der Waals surface area contributed by atoms with Gasteiger partial charge < -0.3 is 15.2 Å². The van der Waals surface area contributed by atoms with E-state index in [1.54, 1.807) is 49.5 Å². The van der Waals surface area contributed by atoms with Crippen LogP contribution >= 0.6 is 0 Å². The SMILES string of the molecule is CO[C@@H](C(N)=O)C12CC(F)(F)[C@@H](C)[C@H](/C=C/c3ccc(-c4ccccc4C#N)cn3)[C@@H]1[C@@H](C)OC2=O. The molecule has 0 spiro atoms. The number of ether oxygens (including phenoxy) is 2. The van der Waals surface area contributed by atoms with E-state index < -0.39 is 59.6 Å². The van der Waals surface area contributed by atoms with Gasteiger partial charge in [0.25, 0.3) is 5.92 Å². The number of halogens is 2. The Morgan fingerprint density at radius 1 is 1.31 bits per heavy atom. The normalized spacial score (nSPS) is 29.8. The highest BCUT2D eigenvalue weighted by molar-refractivity contribution is 5.91. The van der Waals surface area contributed by atoms with Crippen LogP contribution in [-0.4, -0.2) is 42.1 Å². The lowest BCUT2D eigenvalue weighted by Gasteiger charge is -2.49. The second kappa shape index (κ2) is 9.43. The molecule has 1 aliphatic heterocycles. The summed E-state index contributed by atoms with van der Waals surface area (Å²) < 4.78 is 41.3. The maximum atomic E-state index is 15.3. The molecule has 2 heterocycles. The first-order valence-electron chi connectivity index (χ1n) is 11.6. The second-order valence-corrected chi connectivity index (χ2v) is 9.49. The van der Waals surface area contributed by atoms with Crippen LogP contribution in [0.5, 0.6) is 0 Å². The Morgan fingerprint density at radius 2 is 2.03 bits per heavy atom. The van der Waals surface area contributed by atoms with Crippen molar-refractivity contribution < 1.29 is 27.8 Å². The summed E-state index contributed by atoms with van der Waals surface area (Å²) in [5.74, 6) is -7.89. The van der Waals surface area contributed by atoms with Gasteiger partial charge in [-0.3, -0.25) is 14.6 Å². The maximum absolute atomic E-state index is 15.3. The van der Waals surface area contributed by atoms with Gasteiger partial charge in [-0.05, 0) is 31.1 Å². The number of fused-ring (bicyclic) bond motifs is 1. The molecule has 4 rings (SSSR count). The average Bonchev–Trinajstić information content (AvgIpc) is 3.08. The van der Waals surface area contributed by atoms with Gasteiger partial charge in [0.15, 0.2) is 6.10 Å². The van der Waals surface area contributed by atoms with Crippen LogP contribution in [-0.2, 0) is 19.1 Å². The quantitative estimate of drug-likeness (QED) is 0.607. The number of primary amides is 1. The van der Waals surface area contributed by atoms with Crippen molar-refractivity contribution in [2.75, 3.05) is 7.11 Å². The molecule has 1 aromatic heterocycles. The predicted octanol–water partition coefficient (Wildman–Crippen LogP) is 3.97. The Balaban J connectivity index is 1.71. The minimum Gasteiger partial charge on any atom is -0.462 e. The standard InChI is InChI=1S/C27H27F2N3O4/c1-15-20(11-10-19-9-8-18(13-32-19)21-7-5-4-6-17(21)12-30)22-16(2)36-25(34)26(22,14-27(15,28)29)23(35-3)24(31)33/h4-11,13,15-16,20,22-23H,14H2,1-3H3,(H2,31,33)/b11-10+/t15-,16+,20-,22-,23-,26?/m0/s1. The molecule has 2 fully saturated rings. The van der Waals surface area contributed by atoms with Gasteiger partial charge in [-0.1, -0.05) is 37.3 Å². The summed E-state index contributed by atoms with van der Waals surface area (Å²) in [6, 6.07) is 12.8. The van der Waals surface area contributed by atoms with E-state index in [0.717, 1.165) is 11.1 Å². The molecule has 2 N–H and O–H groups in total. The summed E-state index contributed by atoms with van der Waals surface area (Å²) in [5.41, 5.74) is 6.09. The van der Waals surface area contributed by atoms with Crippen LogP contribution in [0.1, 0.15) is 31.5 Å². The summed E-state index contributed by atoms with van der Waals surface area (Å²) in [4.78, 5) is 29.6. The third-order valence-corrected chi connectivity index (χ3v) is 7.56. The van der Waals surface area contributed by atoms with E-state index in [-0.39, 0.29) is 0 Å². The number of methoxy groups -OCH3 is 1. The second-order valence-electron chi connectivity index (χ2n) is 9.49. The number of hydrogen-bond acceptors (Lipinski definition) is 6. The van der Waals surface area contributed by atoms with Crippen molar-refractivity contribution >= 4 is 18.0 Å². The number of rotatable bonds is 6. The van der Waals surface area contributed by atoms with Crippen LogP contribution in [0.25, 0.3) is 17.2 Å². The highest BCUT2D eigenvalue weighted by Gasteiger charge is 2.71. The molecule has 0 radical (unpaired) electrons. The van der Waals surface area contributed by atoms with Crippen LogP contribution in [0.4, 0.5) is 8.78 Å². The largest absolute Gasteiger partial charge is 0.462 e. The molecule has 2 aromatic rings. The molecule has 7 nitrogen and oxygen atoms in total. The van der Waals surface area contributed by atoms with Crippen molar-refractivity contribution in [2.24, 2.45) is 28.9 Å². The van der Waals surface area contributed by atoms with Gasteiger partial charge in [0.2, 0.25) is 5.91 Å². The van der Waals surface area contributed by atoms with Crippen LogP contribution in [0, 0.1) is 34.5 Å². The van der Waals surface area contributed by atoms with Crippen molar-refractivity contribution in [1.82, 2.24) is 4.98 Å². The molecule has 1 unspecified atom stereocenters. The van der Waals surface area contributed by atoms with E-state index in [0.29, 0.717) is 11.3 Å². The number of aromatic nitrogens is 1. The topological polar surface area (TPSA) is 115 Å². The molecule has 9 heteroatoms. The molecule has 36 heavy (non-hydrogen) atoms. The number of benzene rings is 1. The number of nitrogens with zero attached hydrogens (tertiary/aromatic N) is 2. The van der Waals surface area contributed by atoms with Crippen LogP contribution in [0.15, 0.2) is 48.7 Å². The Bertz CT molecular complexity index is 1240. The van der Waals surface area contributed by atoms with E-state index in [1.807, 2.05) is 12.1 Å². The van der Waals surface area contributed by atoms with Gasteiger partial charge in [-0.25, -0.2) is 8.78 Å². The van der Waals surface area contributed by atoms with Crippen molar-refractivity contribution in [3.63, 3.8) is 0 Å². The monoisotopic (exact) mass is 495 g/mol. The first kappa shape index (κ1) is 25.5. The molecule has 1 saturated heterocycles. The average molecular weight is 496 g/mol.